The van der Waals surface area contributed by atoms with Crippen LogP contribution in [0.3, 0.4) is 0 Å². The van der Waals surface area contributed by atoms with E-state index in [1.165, 1.54) is 16.2 Å². The standard InChI is InChI=1S/C20H22BrN3O3S2/c1-13-11-14(19(26)24-7-9-28-10-8-24)3-4-15(13)22-18(25)12-23(2)20(27)16-5-6-17(21)29-16/h3-6,11H,7-10,12H2,1-2H3,(H,22,25). The molecule has 1 aromatic heterocycles. The smallest absolute Gasteiger partial charge is 0.264 e. The number of hydrogen-bond donors (Lipinski definition) is 1. The Labute approximate surface area is 186 Å². The van der Waals surface area contributed by atoms with Gasteiger partial charge in [0, 0.05) is 42.9 Å². The van der Waals surface area contributed by atoms with Gasteiger partial charge in [-0.2, -0.15) is 11.8 Å². The van der Waals surface area contributed by atoms with Gasteiger partial charge in [0.2, 0.25) is 5.91 Å². The average Bonchev–Trinajstić information content (AvgIpc) is 3.15. The first kappa shape index (κ1) is 21.9. The molecule has 1 aliphatic rings. The van der Waals surface area contributed by atoms with Crippen molar-refractivity contribution >= 4 is 62.4 Å². The molecule has 0 aliphatic carbocycles. The van der Waals surface area contributed by atoms with Crippen LogP contribution in [0, 0.1) is 6.92 Å². The lowest BCUT2D eigenvalue weighted by Gasteiger charge is -2.26. The lowest BCUT2D eigenvalue weighted by Crippen LogP contribution is -2.38. The number of halogens is 1. The first-order valence-corrected chi connectivity index (χ1v) is 11.9. The molecule has 0 radical (unpaired) electrons. The van der Waals surface area contributed by atoms with E-state index in [-0.39, 0.29) is 24.3 Å². The molecule has 0 atom stereocenters. The van der Waals surface area contributed by atoms with Crippen LogP contribution in [-0.2, 0) is 4.79 Å². The van der Waals surface area contributed by atoms with Crippen LogP contribution in [-0.4, -0.2) is 65.7 Å². The van der Waals surface area contributed by atoms with Gasteiger partial charge >= 0.3 is 0 Å². The van der Waals surface area contributed by atoms with Crippen molar-refractivity contribution in [3.05, 3.63) is 50.1 Å². The second-order valence-electron chi connectivity index (χ2n) is 6.75. The van der Waals surface area contributed by atoms with E-state index in [1.807, 2.05) is 23.6 Å². The number of carbonyl (C=O) groups is 3. The van der Waals surface area contributed by atoms with Gasteiger partial charge in [-0.25, -0.2) is 0 Å². The highest BCUT2D eigenvalue weighted by Crippen LogP contribution is 2.23. The van der Waals surface area contributed by atoms with Crippen LogP contribution in [0.5, 0.6) is 0 Å². The zero-order valence-electron chi connectivity index (χ0n) is 16.2. The number of hydrogen-bond acceptors (Lipinski definition) is 5. The third-order valence-corrected chi connectivity index (χ3v) is 7.11. The monoisotopic (exact) mass is 495 g/mol. The summed E-state index contributed by atoms with van der Waals surface area (Å²) in [6, 6.07) is 8.83. The maximum Gasteiger partial charge on any atom is 0.264 e. The summed E-state index contributed by atoms with van der Waals surface area (Å²) in [7, 11) is 1.60. The number of benzene rings is 1. The molecule has 1 aromatic carbocycles. The molecular weight excluding hydrogens is 474 g/mol. The quantitative estimate of drug-likeness (QED) is 0.685. The Hall–Kier alpha value is -1.84. The molecule has 1 aliphatic heterocycles. The normalized spacial score (nSPS) is 13.8. The van der Waals surface area contributed by atoms with Gasteiger partial charge in [0.25, 0.3) is 11.8 Å². The Morgan fingerprint density at radius 1 is 1.17 bits per heavy atom. The third kappa shape index (κ3) is 5.61. The Bertz CT molecular complexity index is 925. The van der Waals surface area contributed by atoms with Gasteiger partial charge in [0.15, 0.2) is 0 Å². The number of carbonyl (C=O) groups excluding carboxylic acids is 3. The predicted octanol–water partition coefficient (Wildman–Crippen LogP) is 3.72. The van der Waals surface area contributed by atoms with E-state index in [4.69, 9.17) is 0 Å². The van der Waals surface area contributed by atoms with Gasteiger partial charge in [-0.3, -0.25) is 14.4 Å². The fourth-order valence-corrected chi connectivity index (χ4v) is 5.26. The Morgan fingerprint density at radius 3 is 2.52 bits per heavy atom. The lowest BCUT2D eigenvalue weighted by molar-refractivity contribution is -0.116. The molecule has 0 spiro atoms. The van der Waals surface area contributed by atoms with E-state index >= 15 is 0 Å². The molecule has 0 saturated carbocycles. The highest BCUT2D eigenvalue weighted by atomic mass is 79.9. The number of thiophene rings is 1. The first-order valence-electron chi connectivity index (χ1n) is 9.13. The highest BCUT2D eigenvalue weighted by molar-refractivity contribution is 9.11. The minimum Gasteiger partial charge on any atom is -0.337 e. The molecule has 2 heterocycles. The lowest BCUT2D eigenvalue weighted by atomic mass is 10.1. The minimum absolute atomic E-state index is 0.0266. The van der Waals surface area contributed by atoms with E-state index in [1.54, 1.807) is 37.4 Å². The van der Waals surface area contributed by atoms with Crippen LogP contribution in [0.15, 0.2) is 34.1 Å². The van der Waals surface area contributed by atoms with Crippen LogP contribution < -0.4 is 5.32 Å². The number of thioether (sulfide) groups is 1. The zero-order chi connectivity index (χ0) is 21.0. The second-order valence-corrected chi connectivity index (χ2v) is 10.4. The molecule has 3 amide bonds. The molecule has 154 valence electrons. The fraction of sp³-hybridized carbons (Fsp3) is 0.350. The van der Waals surface area contributed by atoms with Crippen molar-refractivity contribution in [2.24, 2.45) is 0 Å². The highest BCUT2D eigenvalue weighted by Gasteiger charge is 2.20. The second kappa shape index (κ2) is 9.77. The molecular formula is C20H22BrN3O3S2. The van der Waals surface area contributed by atoms with E-state index in [0.717, 1.165) is 33.9 Å². The van der Waals surface area contributed by atoms with E-state index < -0.39 is 0 Å². The number of nitrogens with zero attached hydrogens (tertiary/aromatic N) is 2. The van der Waals surface area contributed by atoms with Crippen LogP contribution in [0.4, 0.5) is 5.69 Å². The molecule has 6 nitrogen and oxygen atoms in total. The van der Waals surface area contributed by atoms with Gasteiger partial charge in [-0.05, 0) is 58.7 Å². The summed E-state index contributed by atoms with van der Waals surface area (Å²) in [5.41, 5.74) is 2.08. The van der Waals surface area contributed by atoms with Crippen molar-refractivity contribution in [3.8, 4) is 0 Å². The van der Waals surface area contributed by atoms with E-state index in [9.17, 15) is 14.4 Å². The summed E-state index contributed by atoms with van der Waals surface area (Å²) in [4.78, 5) is 41.2. The molecule has 1 N–H and O–H groups in total. The minimum atomic E-state index is -0.285. The molecule has 9 heteroatoms. The van der Waals surface area contributed by atoms with Crippen molar-refractivity contribution in [2.45, 2.75) is 6.92 Å². The summed E-state index contributed by atoms with van der Waals surface area (Å²) in [5.74, 6) is 1.47. The van der Waals surface area contributed by atoms with Gasteiger partial charge in [-0.1, -0.05) is 0 Å². The average molecular weight is 496 g/mol. The zero-order valence-corrected chi connectivity index (χ0v) is 19.5. The summed E-state index contributed by atoms with van der Waals surface area (Å²) in [5, 5.41) is 2.83. The van der Waals surface area contributed by atoms with Crippen molar-refractivity contribution in [1.82, 2.24) is 9.80 Å². The van der Waals surface area contributed by atoms with Gasteiger partial charge in [0.1, 0.15) is 0 Å². The molecule has 0 bridgehead atoms. The SMILES string of the molecule is Cc1cc(C(=O)N2CCSCC2)ccc1NC(=O)CN(C)C(=O)c1ccc(Br)s1. The molecule has 1 saturated heterocycles. The van der Waals surface area contributed by atoms with Gasteiger partial charge in [0.05, 0.1) is 15.2 Å². The van der Waals surface area contributed by atoms with Gasteiger partial charge < -0.3 is 15.1 Å². The van der Waals surface area contributed by atoms with Crippen LogP contribution >= 0.6 is 39.0 Å². The Balaban J connectivity index is 1.60. The molecule has 29 heavy (non-hydrogen) atoms. The van der Waals surface area contributed by atoms with Gasteiger partial charge in [-0.15, -0.1) is 11.3 Å². The molecule has 2 aromatic rings. The maximum atomic E-state index is 12.6. The third-order valence-electron chi connectivity index (χ3n) is 4.56. The number of rotatable bonds is 5. The summed E-state index contributed by atoms with van der Waals surface area (Å²) >= 11 is 6.52. The topological polar surface area (TPSA) is 69.7 Å². The Morgan fingerprint density at radius 2 is 1.90 bits per heavy atom. The van der Waals surface area contributed by atoms with E-state index in [0.29, 0.717) is 16.1 Å². The maximum absolute atomic E-state index is 12.6. The first-order chi connectivity index (χ1) is 13.8. The summed E-state index contributed by atoms with van der Waals surface area (Å²) in [6.07, 6.45) is 0. The predicted molar refractivity (Wildman–Crippen MR) is 122 cm³/mol. The number of amides is 3. The molecule has 1 fully saturated rings. The van der Waals surface area contributed by atoms with E-state index in [2.05, 4.69) is 21.2 Å². The number of nitrogens with one attached hydrogen (secondary N) is 1. The van der Waals surface area contributed by atoms with Crippen molar-refractivity contribution in [1.29, 1.82) is 0 Å². The largest absolute Gasteiger partial charge is 0.337 e. The van der Waals surface area contributed by atoms with Crippen molar-refractivity contribution in [3.63, 3.8) is 0 Å². The van der Waals surface area contributed by atoms with Crippen LogP contribution in [0.1, 0.15) is 25.6 Å². The van der Waals surface area contributed by atoms with Crippen molar-refractivity contribution < 1.29 is 14.4 Å². The number of anilines is 1. The summed E-state index contributed by atoms with van der Waals surface area (Å²) < 4.78 is 0.868. The van der Waals surface area contributed by atoms with Crippen molar-refractivity contribution in [2.75, 3.05) is 43.5 Å². The van der Waals surface area contributed by atoms with Crippen LogP contribution in [0.2, 0.25) is 0 Å². The summed E-state index contributed by atoms with van der Waals surface area (Å²) in [6.45, 7) is 3.33. The van der Waals surface area contributed by atoms with Crippen LogP contribution in [0.25, 0.3) is 0 Å². The fourth-order valence-electron chi connectivity index (χ4n) is 2.98. The molecule has 3 rings (SSSR count). The number of likely N-dealkylation sites (N-methyl/N-ethyl adjacent to an activating group) is 1. The Kier molecular flexibility index (Phi) is 7.37. The molecule has 0 unspecified atom stereocenters. The number of aryl methyl sites for hydroxylation is 1.